The minimum absolute atomic E-state index is 0.832. The number of carbonyl (C=O) groups excluding carboxylic acids is 1. The van der Waals surface area contributed by atoms with Crippen molar-refractivity contribution in [3.8, 4) is 12.0 Å². The first-order chi connectivity index (χ1) is 4.91. The highest BCUT2D eigenvalue weighted by atomic mass is 16.1. The fraction of sp³-hybridized carbons (Fsp3) is 0.625. The van der Waals surface area contributed by atoms with E-state index in [2.05, 4.69) is 23.9 Å². The monoisotopic (exact) mass is 137 g/mol. The second-order valence-corrected chi connectivity index (χ2v) is 1.95. The Bertz CT molecular complexity index is 169. The predicted octanol–water partition coefficient (Wildman–Crippen LogP) is 1.86. The van der Waals surface area contributed by atoms with Crippen LogP contribution in [0, 0.1) is 12.0 Å². The Balaban J connectivity index is 3.20. The Morgan fingerprint density at radius 1 is 1.40 bits per heavy atom. The summed E-state index contributed by atoms with van der Waals surface area (Å²) in [5.41, 5.74) is 0. The minimum atomic E-state index is 0.832. The molecule has 0 aromatic carbocycles. The molecule has 0 saturated heterocycles. The third-order valence-corrected chi connectivity index (χ3v) is 1.09. The van der Waals surface area contributed by atoms with Crippen molar-refractivity contribution in [2.75, 3.05) is 0 Å². The molecule has 0 atom stereocenters. The van der Waals surface area contributed by atoms with E-state index in [1.54, 1.807) is 0 Å². The zero-order valence-electron chi connectivity index (χ0n) is 6.18. The third kappa shape index (κ3) is 6.94. The number of isocyanates is 1. The summed E-state index contributed by atoms with van der Waals surface area (Å²) in [5.74, 6) is 2.74. The van der Waals surface area contributed by atoms with E-state index in [9.17, 15) is 4.79 Å². The van der Waals surface area contributed by atoms with Crippen LogP contribution in [0.3, 0.4) is 0 Å². The number of aliphatic imine (C=N–C) groups is 1. The first-order valence-corrected chi connectivity index (χ1v) is 3.46. The molecule has 10 heavy (non-hydrogen) atoms. The van der Waals surface area contributed by atoms with Gasteiger partial charge < -0.3 is 0 Å². The van der Waals surface area contributed by atoms with Crippen LogP contribution in [0.25, 0.3) is 0 Å². The topological polar surface area (TPSA) is 29.4 Å². The molecule has 0 unspecified atom stereocenters. The lowest BCUT2D eigenvalue weighted by atomic mass is 10.2. The lowest BCUT2D eigenvalue weighted by molar-refractivity contribution is 0.565. The molecule has 0 aromatic rings. The van der Waals surface area contributed by atoms with E-state index in [-0.39, 0.29) is 0 Å². The SMILES string of the molecule is CCCCCC#CN=C=O. The molecule has 2 heteroatoms. The molecule has 0 spiro atoms. The van der Waals surface area contributed by atoms with E-state index in [4.69, 9.17) is 0 Å². The van der Waals surface area contributed by atoms with Crippen LogP contribution in [0.1, 0.15) is 32.6 Å². The number of rotatable bonds is 3. The Morgan fingerprint density at radius 2 is 2.20 bits per heavy atom. The largest absolute Gasteiger partial charge is 0.249 e. The smallest absolute Gasteiger partial charge is 0.210 e. The van der Waals surface area contributed by atoms with Crippen LogP contribution >= 0.6 is 0 Å². The standard InChI is InChI=1S/C8H11NO/c1-2-3-4-5-6-7-9-8-10/h2-5H2,1H3. The second kappa shape index (κ2) is 7.94. The van der Waals surface area contributed by atoms with Gasteiger partial charge in [-0.2, -0.15) is 0 Å². The van der Waals surface area contributed by atoms with Crippen molar-refractivity contribution in [1.82, 2.24) is 0 Å². The van der Waals surface area contributed by atoms with E-state index in [1.807, 2.05) is 0 Å². The van der Waals surface area contributed by atoms with Crippen LogP contribution in [0.15, 0.2) is 4.99 Å². The van der Waals surface area contributed by atoms with Gasteiger partial charge in [0.2, 0.25) is 6.08 Å². The average molecular weight is 137 g/mol. The average Bonchev–Trinajstić information content (AvgIpc) is 1.97. The molecule has 0 aromatic heterocycles. The van der Waals surface area contributed by atoms with Crippen LogP contribution < -0.4 is 0 Å². The van der Waals surface area contributed by atoms with Gasteiger partial charge >= 0.3 is 0 Å². The molecule has 54 valence electrons. The van der Waals surface area contributed by atoms with Gasteiger partial charge in [0, 0.05) is 12.5 Å². The maximum atomic E-state index is 9.50. The number of hydrogen-bond acceptors (Lipinski definition) is 2. The van der Waals surface area contributed by atoms with Gasteiger partial charge in [-0.25, -0.2) is 4.79 Å². The first-order valence-electron chi connectivity index (χ1n) is 3.46. The predicted molar refractivity (Wildman–Crippen MR) is 40.0 cm³/mol. The van der Waals surface area contributed by atoms with E-state index in [0.717, 1.165) is 12.8 Å². The Hall–Kier alpha value is -1.06. The summed E-state index contributed by atoms with van der Waals surface area (Å²) in [7, 11) is 0. The van der Waals surface area contributed by atoms with Crippen molar-refractivity contribution < 1.29 is 4.79 Å². The third-order valence-electron chi connectivity index (χ3n) is 1.09. The van der Waals surface area contributed by atoms with Gasteiger partial charge in [0.1, 0.15) is 0 Å². The normalized spacial score (nSPS) is 7.30. The fourth-order valence-corrected chi connectivity index (χ4v) is 0.582. The number of unbranched alkanes of at least 4 members (excludes halogenated alkanes) is 3. The van der Waals surface area contributed by atoms with Crippen molar-refractivity contribution in [2.45, 2.75) is 32.6 Å². The molecular formula is C8H11NO. The van der Waals surface area contributed by atoms with Crippen LogP contribution in [0.2, 0.25) is 0 Å². The van der Waals surface area contributed by atoms with Crippen molar-refractivity contribution in [3.05, 3.63) is 0 Å². The lowest BCUT2D eigenvalue weighted by Gasteiger charge is -1.86. The molecule has 0 amide bonds. The molecule has 0 aliphatic rings. The Labute approximate surface area is 61.3 Å². The highest BCUT2D eigenvalue weighted by Crippen LogP contribution is 1.96. The summed E-state index contributed by atoms with van der Waals surface area (Å²) in [6.07, 6.45) is 5.67. The zero-order chi connectivity index (χ0) is 7.66. The van der Waals surface area contributed by atoms with Crippen LogP contribution in [-0.2, 0) is 4.79 Å². The lowest BCUT2D eigenvalue weighted by Crippen LogP contribution is -1.69. The quantitative estimate of drug-likeness (QED) is 0.253. The highest BCUT2D eigenvalue weighted by molar-refractivity contribution is 5.36. The van der Waals surface area contributed by atoms with Crippen molar-refractivity contribution in [1.29, 1.82) is 0 Å². The highest BCUT2D eigenvalue weighted by Gasteiger charge is 1.79. The number of nitrogens with zero attached hydrogens (tertiary/aromatic N) is 1. The van der Waals surface area contributed by atoms with Crippen molar-refractivity contribution in [2.24, 2.45) is 4.99 Å². The van der Waals surface area contributed by atoms with Gasteiger partial charge in [-0.15, -0.1) is 4.99 Å². The van der Waals surface area contributed by atoms with Gasteiger partial charge in [0.25, 0.3) is 0 Å². The molecule has 0 heterocycles. The van der Waals surface area contributed by atoms with E-state index >= 15 is 0 Å². The molecule has 0 fully saturated rings. The van der Waals surface area contributed by atoms with Gasteiger partial charge in [0.05, 0.1) is 0 Å². The summed E-state index contributed by atoms with van der Waals surface area (Å²) >= 11 is 0. The molecule has 0 bridgehead atoms. The molecule has 2 nitrogen and oxygen atoms in total. The number of hydrogen-bond donors (Lipinski definition) is 0. The van der Waals surface area contributed by atoms with Crippen LogP contribution in [-0.4, -0.2) is 6.08 Å². The van der Waals surface area contributed by atoms with Gasteiger partial charge in [-0.05, 0) is 6.42 Å². The summed E-state index contributed by atoms with van der Waals surface area (Å²) in [6, 6.07) is 2.35. The summed E-state index contributed by atoms with van der Waals surface area (Å²) in [4.78, 5) is 12.6. The Kier molecular flexibility index (Phi) is 7.10. The van der Waals surface area contributed by atoms with Gasteiger partial charge in [-0.1, -0.05) is 25.7 Å². The fourth-order valence-electron chi connectivity index (χ4n) is 0.582. The second-order valence-electron chi connectivity index (χ2n) is 1.95. The van der Waals surface area contributed by atoms with E-state index < -0.39 is 0 Å². The summed E-state index contributed by atoms with van der Waals surface area (Å²) in [6.45, 7) is 2.14. The Morgan fingerprint density at radius 3 is 2.80 bits per heavy atom. The molecule has 0 aliphatic carbocycles. The first kappa shape index (κ1) is 8.94. The van der Waals surface area contributed by atoms with Gasteiger partial charge in [0.15, 0.2) is 0 Å². The summed E-state index contributed by atoms with van der Waals surface area (Å²) in [5, 5.41) is 0. The molecule has 0 N–H and O–H groups in total. The zero-order valence-corrected chi connectivity index (χ0v) is 6.18. The van der Waals surface area contributed by atoms with Crippen LogP contribution in [0.5, 0.6) is 0 Å². The van der Waals surface area contributed by atoms with E-state index in [0.29, 0.717) is 0 Å². The molecule has 0 saturated carbocycles. The minimum Gasteiger partial charge on any atom is -0.210 e. The van der Waals surface area contributed by atoms with Gasteiger partial charge in [-0.3, -0.25) is 0 Å². The molecule has 0 aliphatic heterocycles. The summed E-state index contributed by atoms with van der Waals surface area (Å²) < 4.78 is 0. The van der Waals surface area contributed by atoms with Crippen molar-refractivity contribution in [3.63, 3.8) is 0 Å². The molecule has 0 rings (SSSR count). The molecule has 0 radical (unpaired) electrons. The maximum Gasteiger partial charge on any atom is 0.249 e. The van der Waals surface area contributed by atoms with Crippen molar-refractivity contribution >= 4 is 6.08 Å². The maximum absolute atomic E-state index is 9.50. The van der Waals surface area contributed by atoms with E-state index in [1.165, 1.54) is 18.9 Å². The van der Waals surface area contributed by atoms with Crippen LogP contribution in [0.4, 0.5) is 0 Å². The molecular weight excluding hydrogens is 126 g/mol.